The summed E-state index contributed by atoms with van der Waals surface area (Å²) in [5.74, 6) is 0.127. The Morgan fingerprint density at radius 2 is 2.07 bits per heavy atom. The average molecular weight is 185 g/mol. The molecule has 0 nitrogen and oxygen atoms in total. The van der Waals surface area contributed by atoms with E-state index in [4.69, 9.17) is 0 Å². The molecule has 1 aliphatic rings. The zero-order valence-corrected chi connectivity index (χ0v) is 7.76. The second-order valence-electron chi connectivity index (χ2n) is 3.87. The second-order valence-corrected chi connectivity index (χ2v) is 3.87. The molecule has 1 atom stereocenters. The number of rotatable bonds is 0. The summed E-state index contributed by atoms with van der Waals surface area (Å²) in [4.78, 5) is 0. The van der Waals surface area contributed by atoms with Gasteiger partial charge in [-0.15, -0.1) is 0 Å². The Balaban J connectivity index is 2.51. The molecule has 0 saturated heterocycles. The summed E-state index contributed by atoms with van der Waals surface area (Å²) >= 11 is 0. The molecule has 2 aromatic carbocycles. The van der Waals surface area contributed by atoms with E-state index in [1.54, 1.807) is 6.07 Å². The van der Waals surface area contributed by atoms with Crippen molar-refractivity contribution in [2.75, 3.05) is 0 Å². The lowest BCUT2D eigenvalue weighted by Gasteiger charge is -2.02. The Labute approximate surface area is 82.4 Å². The first-order valence-electron chi connectivity index (χ1n) is 4.80. The van der Waals surface area contributed by atoms with Crippen molar-refractivity contribution in [3.05, 3.63) is 54.2 Å². The van der Waals surface area contributed by atoms with Crippen molar-refractivity contribution in [1.82, 2.24) is 0 Å². The van der Waals surface area contributed by atoms with Crippen molar-refractivity contribution >= 4 is 10.8 Å². The lowest BCUT2D eigenvalue weighted by atomic mass is 10.0. The first-order chi connectivity index (χ1) is 6.77. The second kappa shape index (κ2) is 2.57. The van der Waals surface area contributed by atoms with Crippen LogP contribution in [0.15, 0.2) is 30.3 Å². The molecule has 0 fully saturated rings. The molecule has 69 valence electrons. The maximum Gasteiger partial charge on any atom is 0.127 e. The van der Waals surface area contributed by atoms with Gasteiger partial charge in [-0.2, -0.15) is 0 Å². The Kier molecular flexibility index (Phi) is 1.46. The highest BCUT2D eigenvalue weighted by Crippen LogP contribution is 2.38. The van der Waals surface area contributed by atoms with Gasteiger partial charge in [-0.05, 0) is 47.2 Å². The predicted molar refractivity (Wildman–Crippen MR) is 55.7 cm³/mol. The van der Waals surface area contributed by atoms with Crippen LogP contribution >= 0.6 is 0 Å². The maximum atomic E-state index is 13.5. The van der Waals surface area contributed by atoms with Crippen LogP contribution in [0.4, 0.5) is 4.39 Å². The van der Waals surface area contributed by atoms with Crippen molar-refractivity contribution in [3.63, 3.8) is 0 Å². The highest BCUT2D eigenvalue weighted by atomic mass is 19.1. The van der Waals surface area contributed by atoms with Gasteiger partial charge < -0.3 is 0 Å². The minimum Gasteiger partial charge on any atom is -0.207 e. The summed E-state index contributed by atoms with van der Waals surface area (Å²) in [6.07, 6.45) is 0.739. The van der Waals surface area contributed by atoms with Gasteiger partial charge in [0.1, 0.15) is 5.82 Å². The highest BCUT2D eigenvalue weighted by Gasteiger charge is 2.23. The summed E-state index contributed by atoms with van der Waals surface area (Å²) in [6, 6.07) is 9.49. The fourth-order valence-electron chi connectivity index (χ4n) is 2.36. The third-order valence-electron chi connectivity index (χ3n) is 3.02. The SMILES string of the molecule is [CH2]C1Cc2c(F)ccc3cccc1c23. The molecule has 3 rings (SSSR count). The van der Waals surface area contributed by atoms with Gasteiger partial charge in [-0.3, -0.25) is 0 Å². The van der Waals surface area contributed by atoms with Crippen molar-refractivity contribution in [3.8, 4) is 0 Å². The number of benzene rings is 2. The van der Waals surface area contributed by atoms with E-state index < -0.39 is 0 Å². The number of hydrogen-bond donors (Lipinski definition) is 0. The van der Waals surface area contributed by atoms with E-state index in [0.717, 1.165) is 22.8 Å². The van der Waals surface area contributed by atoms with E-state index in [1.807, 2.05) is 18.2 Å². The Morgan fingerprint density at radius 3 is 2.93 bits per heavy atom. The van der Waals surface area contributed by atoms with E-state index in [1.165, 1.54) is 5.56 Å². The summed E-state index contributed by atoms with van der Waals surface area (Å²) in [7, 11) is 0. The normalized spacial score (nSPS) is 19.1. The summed E-state index contributed by atoms with van der Waals surface area (Å²) in [5.41, 5.74) is 2.04. The fraction of sp³-hybridized carbons (Fsp3) is 0.154. The zero-order valence-electron chi connectivity index (χ0n) is 7.76. The van der Waals surface area contributed by atoms with Crippen LogP contribution in [-0.2, 0) is 6.42 Å². The van der Waals surface area contributed by atoms with Gasteiger partial charge in [0.05, 0.1) is 0 Å². The summed E-state index contributed by atoms with van der Waals surface area (Å²) < 4.78 is 13.5. The standard InChI is InChI=1S/C13H10F/c1-8-7-11-12(14)6-5-9-3-2-4-10(8)13(9)11/h2-6,8H,1,7H2. The molecule has 1 unspecified atom stereocenters. The van der Waals surface area contributed by atoms with Gasteiger partial charge in [-0.1, -0.05) is 24.3 Å². The molecule has 14 heavy (non-hydrogen) atoms. The van der Waals surface area contributed by atoms with Crippen LogP contribution < -0.4 is 0 Å². The van der Waals surface area contributed by atoms with Crippen molar-refractivity contribution in [2.45, 2.75) is 12.3 Å². The number of halogens is 1. The first kappa shape index (κ1) is 7.98. The van der Waals surface area contributed by atoms with E-state index in [2.05, 4.69) is 13.0 Å². The molecule has 0 N–H and O–H groups in total. The summed E-state index contributed by atoms with van der Waals surface area (Å²) in [6.45, 7) is 4.05. The van der Waals surface area contributed by atoms with Gasteiger partial charge >= 0.3 is 0 Å². The topological polar surface area (TPSA) is 0 Å². The van der Waals surface area contributed by atoms with Crippen LogP contribution in [0.1, 0.15) is 17.0 Å². The maximum absolute atomic E-state index is 13.5. The van der Waals surface area contributed by atoms with Gasteiger partial charge in [-0.25, -0.2) is 4.39 Å². The summed E-state index contributed by atoms with van der Waals surface area (Å²) in [5, 5.41) is 2.22. The lowest BCUT2D eigenvalue weighted by molar-refractivity contribution is 0.611. The predicted octanol–water partition coefficient (Wildman–Crippen LogP) is 3.45. The van der Waals surface area contributed by atoms with Crippen LogP contribution in [0.5, 0.6) is 0 Å². The highest BCUT2D eigenvalue weighted by molar-refractivity contribution is 5.91. The molecule has 0 bridgehead atoms. The Hall–Kier alpha value is -1.37. The average Bonchev–Trinajstić information content (AvgIpc) is 2.53. The molecule has 2 aromatic rings. The van der Waals surface area contributed by atoms with E-state index in [-0.39, 0.29) is 11.7 Å². The molecule has 0 aromatic heterocycles. The molecule has 1 aliphatic carbocycles. The third-order valence-corrected chi connectivity index (χ3v) is 3.02. The molecule has 1 radical (unpaired) electrons. The minimum atomic E-state index is -0.0869. The van der Waals surface area contributed by atoms with Gasteiger partial charge in [0.2, 0.25) is 0 Å². The van der Waals surface area contributed by atoms with Crippen LogP contribution in [0.2, 0.25) is 0 Å². The van der Waals surface area contributed by atoms with Crippen LogP contribution in [0.25, 0.3) is 10.8 Å². The van der Waals surface area contributed by atoms with Crippen LogP contribution in [0.3, 0.4) is 0 Å². The smallest absolute Gasteiger partial charge is 0.127 e. The van der Waals surface area contributed by atoms with Gasteiger partial charge in [0.25, 0.3) is 0 Å². The number of hydrogen-bond acceptors (Lipinski definition) is 0. The van der Waals surface area contributed by atoms with Gasteiger partial charge in [0.15, 0.2) is 0 Å². The Morgan fingerprint density at radius 1 is 1.21 bits per heavy atom. The third kappa shape index (κ3) is 0.872. The zero-order chi connectivity index (χ0) is 9.71. The largest absolute Gasteiger partial charge is 0.207 e. The van der Waals surface area contributed by atoms with E-state index in [9.17, 15) is 4.39 Å². The molecule has 0 spiro atoms. The molecular formula is C13H10F. The quantitative estimate of drug-likeness (QED) is 0.589. The molecule has 0 amide bonds. The fourth-order valence-corrected chi connectivity index (χ4v) is 2.36. The van der Waals surface area contributed by atoms with E-state index >= 15 is 0 Å². The molecule has 0 heterocycles. The Bertz CT molecular complexity index is 514. The van der Waals surface area contributed by atoms with Gasteiger partial charge in [0, 0.05) is 0 Å². The minimum absolute atomic E-state index is 0.0869. The van der Waals surface area contributed by atoms with Crippen molar-refractivity contribution in [2.24, 2.45) is 0 Å². The molecule has 1 heteroatoms. The van der Waals surface area contributed by atoms with Crippen LogP contribution in [-0.4, -0.2) is 0 Å². The lowest BCUT2D eigenvalue weighted by Crippen LogP contribution is -1.89. The van der Waals surface area contributed by atoms with Crippen molar-refractivity contribution in [1.29, 1.82) is 0 Å². The molecule has 0 aliphatic heterocycles. The molecule has 0 saturated carbocycles. The van der Waals surface area contributed by atoms with Crippen molar-refractivity contribution < 1.29 is 4.39 Å². The molecular weight excluding hydrogens is 175 g/mol. The van der Waals surface area contributed by atoms with Crippen LogP contribution in [0, 0.1) is 12.7 Å². The first-order valence-corrected chi connectivity index (χ1v) is 4.80. The monoisotopic (exact) mass is 185 g/mol. The van der Waals surface area contributed by atoms with E-state index in [0.29, 0.717) is 0 Å².